The summed E-state index contributed by atoms with van der Waals surface area (Å²) in [6, 6.07) is 4.12. The van der Waals surface area contributed by atoms with Crippen molar-refractivity contribution in [3.8, 4) is 0 Å². The second-order valence-corrected chi connectivity index (χ2v) is 4.41. The van der Waals surface area contributed by atoms with Gasteiger partial charge in [0.2, 0.25) is 11.7 Å². The van der Waals surface area contributed by atoms with Crippen molar-refractivity contribution >= 4 is 17.3 Å². The Morgan fingerprint density at radius 3 is 2.84 bits per heavy atom. The van der Waals surface area contributed by atoms with Gasteiger partial charge in [-0.2, -0.15) is 4.39 Å². The average molecular weight is 267 g/mol. The molecule has 19 heavy (non-hydrogen) atoms. The van der Waals surface area contributed by atoms with E-state index in [2.05, 4.69) is 10.6 Å². The zero-order chi connectivity index (χ0) is 13.8. The van der Waals surface area contributed by atoms with Crippen LogP contribution < -0.4 is 10.6 Å². The number of nitrogens with one attached hydrogen (secondary N) is 2. The number of carbonyl (C=O) groups excluding carboxylic acids is 1. The van der Waals surface area contributed by atoms with Crippen molar-refractivity contribution < 1.29 is 14.1 Å². The molecule has 2 rings (SSSR count). The predicted octanol–water partition coefficient (Wildman–Crippen LogP) is 1.81. The molecule has 2 N–H and O–H groups in total. The van der Waals surface area contributed by atoms with Crippen molar-refractivity contribution in [1.29, 1.82) is 0 Å². The molecule has 1 aromatic rings. The minimum absolute atomic E-state index is 0.0872. The maximum Gasteiger partial charge on any atom is 0.327 e. The minimum Gasteiger partial charge on any atom is -0.379 e. The number of benzene rings is 1. The van der Waals surface area contributed by atoms with Gasteiger partial charge in [0.15, 0.2) is 0 Å². The number of nitro groups is 1. The van der Waals surface area contributed by atoms with Crippen LogP contribution in [0.2, 0.25) is 0 Å². The van der Waals surface area contributed by atoms with Gasteiger partial charge in [-0.05, 0) is 25.0 Å². The summed E-state index contributed by atoms with van der Waals surface area (Å²) in [5.41, 5.74) is -0.505. The Morgan fingerprint density at radius 1 is 1.47 bits per heavy atom. The van der Waals surface area contributed by atoms with E-state index >= 15 is 0 Å². The highest BCUT2D eigenvalue weighted by molar-refractivity contribution is 5.77. The Morgan fingerprint density at radius 2 is 2.21 bits per heavy atom. The molecule has 0 heterocycles. The summed E-state index contributed by atoms with van der Waals surface area (Å²) in [5, 5.41) is 16.3. The van der Waals surface area contributed by atoms with E-state index in [1.165, 1.54) is 12.1 Å². The topological polar surface area (TPSA) is 84.3 Å². The second-order valence-electron chi connectivity index (χ2n) is 4.41. The van der Waals surface area contributed by atoms with Crippen molar-refractivity contribution in [3.63, 3.8) is 0 Å². The molecule has 0 unspecified atom stereocenters. The highest BCUT2D eigenvalue weighted by atomic mass is 19.1. The van der Waals surface area contributed by atoms with Gasteiger partial charge in [0.05, 0.1) is 4.92 Å². The molecule has 1 fully saturated rings. The van der Waals surface area contributed by atoms with Crippen LogP contribution in [0.3, 0.4) is 0 Å². The largest absolute Gasteiger partial charge is 0.379 e. The third-order valence-corrected chi connectivity index (χ3v) is 2.78. The van der Waals surface area contributed by atoms with Gasteiger partial charge in [-0.3, -0.25) is 14.9 Å². The zero-order valence-corrected chi connectivity index (χ0v) is 10.2. The summed E-state index contributed by atoms with van der Waals surface area (Å²) in [5.74, 6) is -0.994. The molecule has 7 heteroatoms. The Balaban J connectivity index is 1.89. The van der Waals surface area contributed by atoms with Crippen molar-refractivity contribution in [3.05, 3.63) is 34.1 Å². The first-order valence-electron chi connectivity index (χ1n) is 6.04. The molecule has 1 aromatic carbocycles. The number of halogens is 1. The highest BCUT2D eigenvalue weighted by Gasteiger charge is 2.23. The van der Waals surface area contributed by atoms with Gasteiger partial charge in [0.25, 0.3) is 0 Å². The van der Waals surface area contributed by atoms with Crippen molar-refractivity contribution in [1.82, 2.24) is 5.32 Å². The number of carbonyl (C=O) groups is 1. The van der Waals surface area contributed by atoms with Crippen molar-refractivity contribution in [2.75, 3.05) is 11.9 Å². The molecule has 1 saturated carbocycles. The van der Waals surface area contributed by atoms with Gasteiger partial charge < -0.3 is 10.6 Å². The Bertz CT molecular complexity index is 503. The number of para-hydroxylation sites is 1. The first kappa shape index (κ1) is 13.3. The molecule has 0 saturated heterocycles. The van der Waals surface area contributed by atoms with Gasteiger partial charge >= 0.3 is 5.69 Å². The maximum atomic E-state index is 13.3. The van der Waals surface area contributed by atoms with E-state index in [0.717, 1.165) is 18.9 Å². The summed E-state index contributed by atoms with van der Waals surface area (Å²) in [7, 11) is 0. The molecule has 0 aliphatic heterocycles. The molecule has 6 nitrogen and oxygen atoms in total. The van der Waals surface area contributed by atoms with Crippen LogP contribution in [0.15, 0.2) is 18.2 Å². The summed E-state index contributed by atoms with van der Waals surface area (Å²) in [4.78, 5) is 21.4. The molecule has 0 atom stereocenters. The average Bonchev–Trinajstić information content (AvgIpc) is 3.12. The van der Waals surface area contributed by atoms with Crippen LogP contribution in [0.5, 0.6) is 0 Å². The van der Waals surface area contributed by atoms with E-state index in [0.29, 0.717) is 0 Å². The van der Waals surface area contributed by atoms with E-state index in [-0.39, 0.29) is 30.6 Å². The molecule has 0 aromatic heterocycles. The lowest BCUT2D eigenvalue weighted by molar-refractivity contribution is -0.386. The van der Waals surface area contributed by atoms with E-state index in [9.17, 15) is 19.3 Å². The lowest BCUT2D eigenvalue weighted by Crippen LogP contribution is -2.27. The summed E-state index contributed by atoms with van der Waals surface area (Å²) < 4.78 is 13.3. The van der Waals surface area contributed by atoms with Crippen LogP contribution in [-0.2, 0) is 4.79 Å². The van der Waals surface area contributed by atoms with Crippen LogP contribution in [0.4, 0.5) is 15.8 Å². The number of nitrogens with zero attached hydrogens (tertiary/aromatic N) is 1. The predicted molar refractivity (Wildman–Crippen MR) is 67.3 cm³/mol. The molecule has 0 bridgehead atoms. The summed E-state index contributed by atoms with van der Waals surface area (Å²) in [6.45, 7) is 0.225. The quantitative estimate of drug-likeness (QED) is 0.608. The molecule has 102 valence electrons. The van der Waals surface area contributed by atoms with E-state index < -0.39 is 16.4 Å². The van der Waals surface area contributed by atoms with Gasteiger partial charge in [-0.1, -0.05) is 6.07 Å². The summed E-state index contributed by atoms with van der Waals surface area (Å²) >= 11 is 0. The Kier molecular flexibility index (Phi) is 3.94. The number of hydrogen-bond donors (Lipinski definition) is 2. The monoisotopic (exact) mass is 267 g/mol. The van der Waals surface area contributed by atoms with Gasteiger partial charge in [0, 0.05) is 19.0 Å². The van der Waals surface area contributed by atoms with Crippen LogP contribution >= 0.6 is 0 Å². The van der Waals surface area contributed by atoms with Gasteiger partial charge in [-0.15, -0.1) is 0 Å². The smallest absolute Gasteiger partial charge is 0.327 e. The third kappa shape index (κ3) is 3.64. The van der Waals surface area contributed by atoms with E-state index in [1.54, 1.807) is 0 Å². The molecule has 1 aliphatic carbocycles. The fourth-order valence-electron chi connectivity index (χ4n) is 1.68. The van der Waals surface area contributed by atoms with E-state index in [1.807, 2.05) is 0 Å². The molecular weight excluding hydrogens is 253 g/mol. The number of hydrogen-bond acceptors (Lipinski definition) is 4. The number of nitro benzene ring substituents is 1. The normalized spacial score (nSPS) is 13.9. The lowest BCUT2D eigenvalue weighted by atomic mass is 10.2. The number of anilines is 1. The highest BCUT2D eigenvalue weighted by Crippen LogP contribution is 2.27. The van der Waals surface area contributed by atoms with Crippen LogP contribution in [-0.4, -0.2) is 23.4 Å². The SMILES string of the molecule is O=C(CCNc1cccc(F)c1[N+](=O)[O-])NC1CC1. The van der Waals surface area contributed by atoms with Gasteiger partial charge in [0.1, 0.15) is 5.69 Å². The minimum atomic E-state index is -0.891. The fourth-order valence-corrected chi connectivity index (χ4v) is 1.68. The second kappa shape index (κ2) is 5.64. The zero-order valence-electron chi connectivity index (χ0n) is 10.2. The third-order valence-electron chi connectivity index (χ3n) is 2.78. The first-order valence-corrected chi connectivity index (χ1v) is 6.04. The van der Waals surface area contributed by atoms with Crippen LogP contribution in [0.25, 0.3) is 0 Å². The lowest BCUT2D eigenvalue weighted by Gasteiger charge is -2.07. The van der Waals surface area contributed by atoms with Gasteiger partial charge in [-0.25, -0.2) is 0 Å². The summed E-state index contributed by atoms with van der Waals surface area (Å²) in [6.07, 6.45) is 2.22. The molecule has 1 amide bonds. The number of rotatable bonds is 6. The standard InChI is InChI=1S/C12H14FN3O3/c13-9-2-1-3-10(12(9)16(18)19)14-7-6-11(17)15-8-4-5-8/h1-3,8,14H,4-7H2,(H,15,17). The van der Waals surface area contributed by atoms with Crippen molar-refractivity contribution in [2.45, 2.75) is 25.3 Å². The van der Waals surface area contributed by atoms with Crippen LogP contribution in [0, 0.1) is 15.9 Å². The molecular formula is C12H14FN3O3. The number of amides is 1. The van der Waals surface area contributed by atoms with Crippen molar-refractivity contribution in [2.24, 2.45) is 0 Å². The Hall–Kier alpha value is -2.18. The maximum absolute atomic E-state index is 13.3. The fraction of sp³-hybridized carbons (Fsp3) is 0.417. The molecule has 1 aliphatic rings. The molecule has 0 spiro atoms. The first-order chi connectivity index (χ1) is 9.08. The van der Waals surface area contributed by atoms with E-state index in [4.69, 9.17) is 0 Å². The Labute approximate surface area is 109 Å². The molecule has 0 radical (unpaired) electrons. The van der Waals surface area contributed by atoms with Crippen LogP contribution in [0.1, 0.15) is 19.3 Å².